The lowest BCUT2D eigenvalue weighted by Crippen LogP contribution is -2.30. The smallest absolute Gasteiger partial charge is 0.232 e. The van der Waals surface area contributed by atoms with Gasteiger partial charge in [0.15, 0.2) is 6.20 Å². The number of nitrogen functional groups attached to an aromatic ring is 1. The van der Waals surface area contributed by atoms with Gasteiger partial charge in [-0.1, -0.05) is 0 Å². The van der Waals surface area contributed by atoms with Crippen molar-refractivity contribution in [3.8, 4) is 0 Å². The topological polar surface area (TPSA) is 46.9 Å². The molecule has 0 saturated carbocycles. The summed E-state index contributed by atoms with van der Waals surface area (Å²) < 4.78 is 4.43. The second kappa shape index (κ2) is 4.04. The van der Waals surface area contributed by atoms with Crippen molar-refractivity contribution >= 4 is 16.9 Å². The Kier molecular flexibility index (Phi) is 2.52. The number of rotatable bonds is 1. The van der Waals surface area contributed by atoms with Crippen LogP contribution >= 0.6 is 0 Å². The molecule has 90 valence electrons. The van der Waals surface area contributed by atoms with Crippen LogP contribution in [0.4, 0.5) is 5.82 Å². The minimum Gasteiger partial charge on any atom is -0.385 e. The molecule has 1 aliphatic heterocycles. The molecular formula is C13H19N4+. The average Bonchev–Trinajstić information content (AvgIpc) is 2.68. The molecule has 2 aromatic heterocycles. The average molecular weight is 231 g/mol. The second-order valence-electron chi connectivity index (χ2n) is 4.81. The molecule has 0 amide bonds. The van der Waals surface area contributed by atoms with E-state index >= 15 is 0 Å². The SMILES string of the molecule is C[n+]1cccc2c1cc(N)n2C1CCNCC1. The Morgan fingerprint density at radius 2 is 2.18 bits per heavy atom. The van der Waals surface area contributed by atoms with E-state index in [1.54, 1.807) is 0 Å². The van der Waals surface area contributed by atoms with E-state index in [-0.39, 0.29) is 0 Å². The Hall–Kier alpha value is -1.55. The molecule has 4 nitrogen and oxygen atoms in total. The molecule has 1 fully saturated rings. The summed E-state index contributed by atoms with van der Waals surface area (Å²) >= 11 is 0. The van der Waals surface area contributed by atoms with Crippen LogP contribution in [-0.4, -0.2) is 17.7 Å². The van der Waals surface area contributed by atoms with Gasteiger partial charge in [-0.25, -0.2) is 0 Å². The summed E-state index contributed by atoms with van der Waals surface area (Å²) in [6.45, 7) is 2.17. The summed E-state index contributed by atoms with van der Waals surface area (Å²) in [5.74, 6) is 0.883. The standard InChI is InChI=1S/C13H18N4/c1-16-8-2-3-11-12(16)9-13(14)17(11)10-4-6-15-7-5-10/h2-3,8-10,14-15H,4-7H2,1H3/p+1. The molecule has 3 rings (SSSR count). The quantitative estimate of drug-likeness (QED) is 0.719. The predicted molar refractivity (Wildman–Crippen MR) is 68.7 cm³/mol. The van der Waals surface area contributed by atoms with Crippen LogP contribution in [0.5, 0.6) is 0 Å². The number of nitrogens with zero attached hydrogens (tertiary/aromatic N) is 2. The summed E-state index contributed by atoms with van der Waals surface area (Å²) in [6, 6.07) is 6.86. The first kappa shape index (κ1) is 10.6. The fourth-order valence-corrected chi connectivity index (χ4v) is 2.81. The largest absolute Gasteiger partial charge is 0.385 e. The van der Waals surface area contributed by atoms with Gasteiger partial charge in [-0.3, -0.25) is 0 Å². The van der Waals surface area contributed by atoms with Crippen molar-refractivity contribution in [1.29, 1.82) is 0 Å². The van der Waals surface area contributed by atoms with E-state index in [9.17, 15) is 0 Å². The van der Waals surface area contributed by atoms with E-state index in [1.165, 1.54) is 11.0 Å². The molecular weight excluding hydrogens is 212 g/mol. The van der Waals surface area contributed by atoms with Gasteiger partial charge in [0.2, 0.25) is 5.52 Å². The number of hydrogen-bond donors (Lipinski definition) is 2. The zero-order valence-corrected chi connectivity index (χ0v) is 10.2. The molecule has 0 radical (unpaired) electrons. The Morgan fingerprint density at radius 3 is 2.94 bits per heavy atom. The van der Waals surface area contributed by atoms with Crippen LogP contribution in [0.2, 0.25) is 0 Å². The molecule has 1 aliphatic rings. The fourth-order valence-electron chi connectivity index (χ4n) is 2.81. The van der Waals surface area contributed by atoms with E-state index in [1.807, 2.05) is 0 Å². The lowest BCUT2D eigenvalue weighted by atomic mass is 10.1. The summed E-state index contributed by atoms with van der Waals surface area (Å²) in [5.41, 5.74) is 8.64. The highest BCUT2D eigenvalue weighted by Crippen LogP contribution is 2.28. The van der Waals surface area contributed by atoms with Crippen LogP contribution in [0.15, 0.2) is 24.4 Å². The normalized spacial score (nSPS) is 17.7. The van der Waals surface area contributed by atoms with Crippen LogP contribution in [0.1, 0.15) is 18.9 Å². The number of nitrogens with one attached hydrogen (secondary N) is 1. The molecule has 0 spiro atoms. The number of fused-ring (bicyclic) bond motifs is 1. The zero-order valence-electron chi connectivity index (χ0n) is 10.2. The fraction of sp³-hybridized carbons (Fsp3) is 0.462. The Balaban J connectivity index is 2.14. The first-order valence-corrected chi connectivity index (χ1v) is 6.23. The maximum absolute atomic E-state index is 6.18. The summed E-state index contributed by atoms with van der Waals surface area (Å²) in [6.07, 6.45) is 4.38. The van der Waals surface area contributed by atoms with Gasteiger partial charge >= 0.3 is 0 Å². The van der Waals surface area contributed by atoms with Gasteiger partial charge in [0.05, 0.1) is 6.07 Å². The van der Waals surface area contributed by atoms with Gasteiger partial charge in [0, 0.05) is 12.1 Å². The van der Waals surface area contributed by atoms with Crippen molar-refractivity contribution in [3.63, 3.8) is 0 Å². The number of piperidine rings is 1. The molecule has 0 atom stereocenters. The monoisotopic (exact) mass is 231 g/mol. The minimum atomic E-state index is 0.538. The van der Waals surface area contributed by atoms with E-state index in [4.69, 9.17) is 5.73 Å². The molecule has 3 heterocycles. The van der Waals surface area contributed by atoms with Crippen molar-refractivity contribution in [1.82, 2.24) is 9.88 Å². The third-order valence-electron chi connectivity index (χ3n) is 3.70. The van der Waals surface area contributed by atoms with Crippen molar-refractivity contribution in [3.05, 3.63) is 24.4 Å². The van der Waals surface area contributed by atoms with Crippen LogP contribution in [0.3, 0.4) is 0 Å². The molecule has 3 N–H and O–H groups in total. The highest BCUT2D eigenvalue weighted by Gasteiger charge is 2.21. The molecule has 0 unspecified atom stereocenters. The van der Waals surface area contributed by atoms with Gasteiger partial charge in [0.25, 0.3) is 0 Å². The van der Waals surface area contributed by atoms with Gasteiger partial charge in [-0.15, -0.1) is 0 Å². The van der Waals surface area contributed by atoms with Crippen molar-refractivity contribution in [2.24, 2.45) is 7.05 Å². The van der Waals surface area contributed by atoms with Gasteiger partial charge in [0.1, 0.15) is 18.4 Å². The minimum absolute atomic E-state index is 0.538. The summed E-state index contributed by atoms with van der Waals surface area (Å²) in [7, 11) is 2.06. The molecule has 2 aromatic rings. The molecule has 0 bridgehead atoms. The molecule has 0 aliphatic carbocycles. The number of hydrogen-bond acceptors (Lipinski definition) is 2. The Morgan fingerprint density at radius 1 is 1.41 bits per heavy atom. The van der Waals surface area contributed by atoms with Crippen molar-refractivity contribution < 1.29 is 4.57 Å². The Labute approximate surface area is 101 Å². The molecule has 1 saturated heterocycles. The summed E-state index contributed by atoms with van der Waals surface area (Å²) in [5, 5.41) is 3.40. The first-order chi connectivity index (χ1) is 8.27. The van der Waals surface area contributed by atoms with Gasteiger partial charge < -0.3 is 15.6 Å². The Bertz CT molecular complexity index is 538. The number of aromatic nitrogens is 2. The first-order valence-electron chi connectivity index (χ1n) is 6.23. The van der Waals surface area contributed by atoms with Crippen LogP contribution in [0, 0.1) is 0 Å². The van der Waals surface area contributed by atoms with Crippen molar-refractivity contribution in [2.75, 3.05) is 18.8 Å². The lowest BCUT2D eigenvalue weighted by molar-refractivity contribution is -0.644. The molecule has 4 heteroatoms. The number of pyridine rings is 1. The zero-order chi connectivity index (χ0) is 11.8. The van der Waals surface area contributed by atoms with Crippen LogP contribution < -0.4 is 15.6 Å². The maximum atomic E-state index is 6.18. The molecule has 0 aromatic carbocycles. The van der Waals surface area contributed by atoms with E-state index in [0.29, 0.717) is 6.04 Å². The predicted octanol–water partition coefficient (Wildman–Crippen LogP) is 0.972. The summed E-state index contributed by atoms with van der Waals surface area (Å²) in [4.78, 5) is 0. The van der Waals surface area contributed by atoms with Crippen molar-refractivity contribution in [2.45, 2.75) is 18.9 Å². The highest BCUT2D eigenvalue weighted by molar-refractivity contribution is 5.78. The molecule has 17 heavy (non-hydrogen) atoms. The van der Waals surface area contributed by atoms with Crippen LogP contribution in [-0.2, 0) is 7.05 Å². The maximum Gasteiger partial charge on any atom is 0.232 e. The van der Waals surface area contributed by atoms with Gasteiger partial charge in [-0.2, -0.15) is 4.57 Å². The van der Waals surface area contributed by atoms with Crippen LogP contribution in [0.25, 0.3) is 11.0 Å². The number of nitrogens with two attached hydrogens (primary N) is 1. The highest BCUT2D eigenvalue weighted by atomic mass is 15.1. The van der Waals surface area contributed by atoms with Gasteiger partial charge in [-0.05, 0) is 32.0 Å². The van der Waals surface area contributed by atoms with E-state index in [0.717, 1.165) is 31.7 Å². The third kappa shape index (κ3) is 1.69. The lowest BCUT2D eigenvalue weighted by Gasteiger charge is -2.25. The second-order valence-corrected chi connectivity index (χ2v) is 4.81. The van der Waals surface area contributed by atoms with E-state index < -0.39 is 0 Å². The van der Waals surface area contributed by atoms with E-state index in [2.05, 4.69) is 45.9 Å². The third-order valence-corrected chi connectivity index (χ3v) is 3.70. The number of aryl methyl sites for hydroxylation is 1. The number of anilines is 1.